The largest absolute Gasteiger partial charge is 0.495 e. The number of piperidine rings is 1. The number of hydrogen-bond donors (Lipinski definition) is 3. The average Bonchev–Trinajstić information content (AvgIpc) is 2.92. The van der Waals surface area contributed by atoms with E-state index in [1.165, 1.54) is 26.3 Å². The molecule has 0 radical (unpaired) electrons. The predicted molar refractivity (Wildman–Crippen MR) is 89.7 cm³/mol. The summed E-state index contributed by atoms with van der Waals surface area (Å²) in [5, 5.41) is 6.56. The van der Waals surface area contributed by atoms with Crippen molar-refractivity contribution < 1.29 is 17.9 Å². The molecule has 2 atom stereocenters. The molecule has 132 valence electrons. The van der Waals surface area contributed by atoms with E-state index in [4.69, 9.17) is 4.74 Å². The van der Waals surface area contributed by atoms with Crippen LogP contribution in [0.1, 0.15) is 36.0 Å². The highest BCUT2D eigenvalue weighted by atomic mass is 32.2. The SMILES string of the molecule is CNS(=O)(=O)c1cc(C(=O)NC2CC3CCC(C2)N3)ccc1OC. The van der Waals surface area contributed by atoms with Crippen molar-refractivity contribution in [3.05, 3.63) is 23.8 Å². The van der Waals surface area contributed by atoms with Crippen LogP contribution in [0.5, 0.6) is 5.75 Å². The number of carbonyl (C=O) groups is 1. The maximum Gasteiger partial charge on any atom is 0.251 e. The molecule has 2 saturated heterocycles. The molecule has 2 aliphatic rings. The summed E-state index contributed by atoms with van der Waals surface area (Å²) in [6, 6.07) is 5.53. The van der Waals surface area contributed by atoms with Crippen LogP contribution < -0.4 is 20.1 Å². The van der Waals surface area contributed by atoms with Gasteiger partial charge in [-0.3, -0.25) is 4.79 Å². The topological polar surface area (TPSA) is 96.5 Å². The summed E-state index contributed by atoms with van der Waals surface area (Å²) in [5.41, 5.74) is 0.315. The maximum atomic E-state index is 12.5. The summed E-state index contributed by atoms with van der Waals surface area (Å²) < 4.78 is 31.6. The van der Waals surface area contributed by atoms with Crippen molar-refractivity contribution in [2.24, 2.45) is 0 Å². The molecule has 2 fully saturated rings. The molecule has 3 N–H and O–H groups in total. The highest BCUT2D eigenvalue weighted by Gasteiger charge is 2.34. The van der Waals surface area contributed by atoms with Crippen molar-refractivity contribution in [3.63, 3.8) is 0 Å². The van der Waals surface area contributed by atoms with E-state index in [2.05, 4.69) is 15.4 Å². The summed E-state index contributed by atoms with van der Waals surface area (Å²) in [7, 11) is -0.979. The molecule has 2 aliphatic heterocycles. The van der Waals surface area contributed by atoms with E-state index in [0.29, 0.717) is 17.6 Å². The molecule has 2 unspecified atom stereocenters. The van der Waals surface area contributed by atoms with E-state index in [1.54, 1.807) is 6.07 Å². The van der Waals surface area contributed by atoms with Crippen LogP contribution in [-0.2, 0) is 10.0 Å². The maximum absolute atomic E-state index is 12.5. The first-order valence-electron chi connectivity index (χ1n) is 8.11. The fourth-order valence-corrected chi connectivity index (χ4v) is 4.50. The molecule has 2 heterocycles. The van der Waals surface area contributed by atoms with E-state index < -0.39 is 10.0 Å². The highest BCUT2D eigenvalue weighted by molar-refractivity contribution is 7.89. The number of sulfonamides is 1. The summed E-state index contributed by atoms with van der Waals surface area (Å²) in [6.07, 6.45) is 4.15. The number of fused-ring (bicyclic) bond motifs is 2. The van der Waals surface area contributed by atoms with E-state index >= 15 is 0 Å². The van der Waals surface area contributed by atoms with Gasteiger partial charge in [-0.2, -0.15) is 0 Å². The predicted octanol–water partition coefficient (Wildman–Crippen LogP) is 0.616. The summed E-state index contributed by atoms with van der Waals surface area (Å²) in [5.74, 6) is -0.0442. The first-order valence-corrected chi connectivity index (χ1v) is 9.59. The molecule has 0 spiro atoms. The second-order valence-electron chi connectivity index (χ2n) is 6.35. The number of amides is 1. The lowest BCUT2D eigenvalue weighted by Gasteiger charge is -2.29. The molecule has 0 saturated carbocycles. The Morgan fingerprint density at radius 1 is 1.25 bits per heavy atom. The van der Waals surface area contributed by atoms with Gasteiger partial charge in [-0.1, -0.05) is 0 Å². The van der Waals surface area contributed by atoms with E-state index in [9.17, 15) is 13.2 Å². The molecule has 24 heavy (non-hydrogen) atoms. The molecule has 8 heteroatoms. The van der Waals surface area contributed by atoms with Crippen molar-refractivity contribution in [1.82, 2.24) is 15.4 Å². The molecular formula is C16H23N3O4S. The summed E-state index contributed by atoms with van der Waals surface area (Å²) in [6.45, 7) is 0. The Morgan fingerprint density at radius 3 is 2.50 bits per heavy atom. The van der Waals surface area contributed by atoms with Gasteiger partial charge >= 0.3 is 0 Å². The Labute approximate surface area is 142 Å². The van der Waals surface area contributed by atoms with Gasteiger partial charge in [0.05, 0.1) is 7.11 Å². The monoisotopic (exact) mass is 353 g/mol. The van der Waals surface area contributed by atoms with Crippen LogP contribution in [0.4, 0.5) is 0 Å². The van der Waals surface area contributed by atoms with Crippen LogP contribution in [0.25, 0.3) is 0 Å². The third kappa shape index (κ3) is 3.40. The van der Waals surface area contributed by atoms with Crippen LogP contribution in [0.2, 0.25) is 0 Å². The van der Waals surface area contributed by atoms with Crippen LogP contribution >= 0.6 is 0 Å². The average molecular weight is 353 g/mol. The van der Waals surface area contributed by atoms with Gasteiger partial charge in [0, 0.05) is 23.7 Å². The number of ether oxygens (including phenoxy) is 1. The second kappa shape index (κ2) is 6.70. The number of carbonyl (C=O) groups excluding carboxylic acids is 1. The van der Waals surface area contributed by atoms with Crippen molar-refractivity contribution in [1.29, 1.82) is 0 Å². The Bertz CT molecular complexity index is 723. The molecule has 0 aliphatic carbocycles. The van der Waals surface area contributed by atoms with Gasteiger partial charge < -0.3 is 15.4 Å². The first kappa shape index (κ1) is 17.2. The minimum Gasteiger partial charge on any atom is -0.495 e. The van der Waals surface area contributed by atoms with E-state index in [0.717, 1.165) is 25.7 Å². The number of hydrogen-bond acceptors (Lipinski definition) is 5. The van der Waals surface area contributed by atoms with Crippen LogP contribution in [-0.4, -0.2) is 46.6 Å². The number of rotatable bonds is 5. The second-order valence-corrected chi connectivity index (χ2v) is 8.21. The van der Waals surface area contributed by atoms with Crippen LogP contribution in [0.15, 0.2) is 23.1 Å². The van der Waals surface area contributed by atoms with Crippen molar-refractivity contribution in [2.75, 3.05) is 14.2 Å². The summed E-state index contributed by atoms with van der Waals surface area (Å²) in [4.78, 5) is 12.5. The zero-order chi connectivity index (χ0) is 17.3. The van der Waals surface area contributed by atoms with Crippen molar-refractivity contribution >= 4 is 15.9 Å². The number of benzene rings is 1. The molecule has 3 rings (SSSR count). The lowest BCUT2D eigenvalue weighted by molar-refractivity contribution is 0.0923. The van der Waals surface area contributed by atoms with Gasteiger partial charge in [0.15, 0.2) is 0 Å². The molecule has 7 nitrogen and oxygen atoms in total. The zero-order valence-corrected chi connectivity index (χ0v) is 14.7. The molecule has 1 aromatic rings. The van der Waals surface area contributed by atoms with Crippen molar-refractivity contribution in [3.8, 4) is 5.75 Å². The van der Waals surface area contributed by atoms with Gasteiger partial charge in [-0.15, -0.1) is 0 Å². The van der Waals surface area contributed by atoms with E-state index in [-0.39, 0.29) is 22.6 Å². The molecule has 0 aromatic heterocycles. The zero-order valence-electron chi connectivity index (χ0n) is 13.8. The lowest BCUT2D eigenvalue weighted by atomic mass is 9.99. The lowest BCUT2D eigenvalue weighted by Crippen LogP contribution is -2.48. The highest BCUT2D eigenvalue weighted by Crippen LogP contribution is 2.28. The fraction of sp³-hybridized carbons (Fsp3) is 0.562. The Kier molecular flexibility index (Phi) is 4.80. The third-order valence-electron chi connectivity index (χ3n) is 4.79. The van der Waals surface area contributed by atoms with Crippen molar-refractivity contribution in [2.45, 2.75) is 48.7 Å². The smallest absolute Gasteiger partial charge is 0.251 e. The molecular weight excluding hydrogens is 330 g/mol. The van der Waals surface area contributed by atoms with E-state index in [1.807, 2.05) is 0 Å². The normalized spacial score (nSPS) is 26.2. The van der Waals surface area contributed by atoms with Gasteiger partial charge in [-0.25, -0.2) is 13.1 Å². The minimum absolute atomic E-state index is 0.0365. The Morgan fingerprint density at radius 2 is 1.92 bits per heavy atom. The summed E-state index contributed by atoms with van der Waals surface area (Å²) >= 11 is 0. The quantitative estimate of drug-likeness (QED) is 0.721. The fourth-order valence-electron chi connectivity index (χ4n) is 3.58. The molecule has 1 amide bonds. The van der Waals surface area contributed by atoms with Gasteiger partial charge in [0.25, 0.3) is 5.91 Å². The first-order chi connectivity index (χ1) is 11.4. The van der Waals surface area contributed by atoms with Crippen LogP contribution in [0, 0.1) is 0 Å². The molecule has 1 aromatic carbocycles. The van der Waals surface area contributed by atoms with Crippen LogP contribution in [0.3, 0.4) is 0 Å². The standard InChI is InChI=1S/C16H23N3O4S/c1-17-24(21,22)15-7-10(3-6-14(15)23-2)16(20)19-13-8-11-4-5-12(9-13)18-11/h3,6-7,11-13,17-18H,4-5,8-9H2,1-2H3,(H,19,20). The Balaban J connectivity index is 1.79. The van der Waals surface area contributed by atoms with Gasteiger partial charge in [0.2, 0.25) is 10.0 Å². The number of methoxy groups -OCH3 is 1. The number of nitrogens with one attached hydrogen (secondary N) is 3. The Hall–Kier alpha value is -1.64. The third-order valence-corrected chi connectivity index (χ3v) is 6.23. The molecule has 2 bridgehead atoms. The van der Waals surface area contributed by atoms with Gasteiger partial charge in [0.1, 0.15) is 10.6 Å². The van der Waals surface area contributed by atoms with Gasteiger partial charge in [-0.05, 0) is 50.9 Å². The minimum atomic E-state index is -3.70.